The molecule has 41 heavy (non-hydrogen) atoms. The lowest BCUT2D eigenvalue weighted by Gasteiger charge is -2.27. The Kier molecular flexibility index (Phi) is 8.52. The van der Waals surface area contributed by atoms with Gasteiger partial charge in [0.25, 0.3) is 5.91 Å². The van der Waals surface area contributed by atoms with Crippen LogP contribution < -0.4 is 19.7 Å². The maximum absolute atomic E-state index is 13.4. The molecular formula is C29H30N4O6S2. The minimum atomic E-state index is -3.34. The van der Waals surface area contributed by atoms with Crippen LogP contribution in [0.1, 0.15) is 27.9 Å². The number of thiazole rings is 1. The number of amides is 1. The molecule has 0 saturated heterocycles. The second-order valence-corrected chi connectivity index (χ2v) is 12.7. The Bertz CT molecular complexity index is 1630. The maximum atomic E-state index is 13.4. The van der Waals surface area contributed by atoms with Crippen molar-refractivity contribution in [2.24, 2.45) is 0 Å². The molecule has 0 saturated carbocycles. The number of methoxy groups -OCH3 is 1. The smallest absolute Gasteiger partial charge is 0.257 e. The summed E-state index contributed by atoms with van der Waals surface area (Å²) < 4.78 is 40.7. The van der Waals surface area contributed by atoms with Crippen LogP contribution >= 0.6 is 11.3 Å². The lowest BCUT2D eigenvalue weighted by atomic mass is 10.1. The summed E-state index contributed by atoms with van der Waals surface area (Å²) in [6.45, 7) is 3.74. The molecular weight excluding hydrogens is 564 g/mol. The van der Waals surface area contributed by atoms with Crippen LogP contribution in [0.15, 0.2) is 71.9 Å². The normalized spacial score (nSPS) is 13.8. The van der Waals surface area contributed by atoms with Crippen LogP contribution in [-0.4, -0.2) is 56.9 Å². The monoisotopic (exact) mass is 594 g/mol. The minimum Gasteiger partial charge on any atom is -0.488 e. The highest BCUT2D eigenvalue weighted by Crippen LogP contribution is 2.32. The first-order valence-corrected chi connectivity index (χ1v) is 15.6. The number of pyridine rings is 1. The summed E-state index contributed by atoms with van der Waals surface area (Å²) in [5.74, 6) is 0.837. The fourth-order valence-electron chi connectivity index (χ4n) is 4.40. The first-order valence-electron chi connectivity index (χ1n) is 12.9. The van der Waals surface area contributed by atoms with E-state index in [1.807, 2.05) is 25.3 Å². The standard InChI is InChI=1S/C29H30N4O6S2/c1-19(18-37-2)38-23-13-20(14-24(15-23)39-22-6-8-25(9-7-22)41(3,35)36)28(34)32-29-31-26-10-12-33(17-27(26)40-29)21-5-4-11-30-16-21/h4-9,11,13-16,19H,10,12,17-18H2,1-3H3,(H,31,32,34). The van der Waals surface area contributed by atoms with Crippen molar-refractivity contribution >= 4 is 37.9 Å². The van der Waals surface area contributed by atoms with E-state index in [-0.39, 0.29) is 16.9 Å². The van der Waals surface area contributed by atoms with E-state index in [1.54, 1.807) is 43.6 Å². The van der Waals surface area contributed by atoms with Gasteiger partial charge in [0.1, 0.15) is 23.4 Å². The summed E-state index contributed by atoms with van der Waals surface area (Å²) in [6, 6.07) is 14.9. The highest BCUT2D eigenvalue weighted by molar-refractivity contribution is 7.90. The van der Waals surface area contributed by atoms with Gasteiger partial charge >= 0.3 is 0 Å². The zero-order valence-electron chi connectivity index (χ0n) is 22.9. The third-order valence-corrected chi connectivity index (χ3v) is 8.46. The van der Waals surface area contributed by atoms with Crippen LogP contribution in [0.25, 0.3) is 0 Å². The van der Waals surface area contributed by atoms with Gasteiger partial charge in [-0.15, -0.1) is 0 Å². The Balaban J connectivity index is 1.35. The molecule has 214 valence electrons. The molecule has 0 spiro atoms. The fraction of sp³-hybridized carbons (Fsp3) is 0.276. The van der Waals surface area contributed by atoms with E-state index >= 15 is 0 Å². The van der Waals surface area contributed by atoms with Crippen LogP contribution in [0.2, 0.25) is 0 Å². The van der Waals surface area contributed by atoms with Crippen molar-refractivity contribution in [1.29, 1.82) is 0 Å². The number of aromatic nitrogens is 2. The summed E-state index contributed by atoms with van der Waals surface area (Å²) in [5.41, 5.74) is 2.35. The molecule has 10 nitrogen and oxygen atoms in total. The summed E-state index contributed by atoms with van der Waals surface area (Å²) in [5, 5.41) is 3.45. The number of benzene rings is 2. The fourth-order valence-corrected chi connectivity index (χ4v) is 6.05. The number of anilines is 2. The quantitative estimate of drug-likeness (QED) is 0.272. The van der Waals surface area contributed by atoms with Gasteiger partial charge in [-0.25, -0.2) is 13.4 Å². The predicted molar refractivity (Wildman–Crippen MR) is 157 cm³/mol. The first-order chi connectivity index (χ1) is 19.7. The van der Waals surface area contributed by atoms with E-state index in [0.29, 0.717) is 41.1 Å². The van der Waals surface area contributed by atoms with Gasteiger partial charge in [-0.1, -0.05) is 11.3 Å². The highest BCUT2D eigenvalue weighted by atomic mass is 32.2. The van der Waals surface area contributed by atoms with E-state index in [0.717, 1.165) is 35.5 Å². The largest absolute Gasteiger partial charge is 0.488 e. The average Bonchev–Trinajstić information content (AvgIpc) is 3.35. The lowest BCUT2D eigenvalue weighted by Crippen LogP contribution is -2.29. The molecule has 0 aliphatic carbocycles. The highest BCUT2D eigenvalue weighted by Gasteiger charge is 2.22. The van der Waals surface area contributed by atoms with Gasteiger partial charge in [-0.3, -0.25) is 15.1 Å². The van der Waals surface area contributed by atoms with Crippen molar-refractivity contribution in [2.75, 3.05) is 36.7 Å². The number of nitrogens with zero attached hydrogens (tertiary/aromatic N) is 3. The Morgan fingerprint density at radius 1 is 1.12 bits per heavy atom. The van der Waals surface area contributed by atoms with Gasteiger partial charge in [0.15, 0.2) is 15.0 Å². The maximum Gasteiger partial charge on any atom is 0.257 e. The molecule has 1 atom stereocenters. The van der Waals surface area contributed by atoms with Crippen LogP contribution in [0.5, 0.6) is 17.2 Å². The van der Waals surface area contributed by atoms with Crippen LogP contribution in [0, 0.1) is 0 Å². The van der Waals surface area contributed by atoms with E-state index < -0.39 is 9.84 Å². The number of ether oxygens (including phenoxy) is 3. The second-order valence-electron chi connectivity index (χ2n) is 9.65. The van der Waals surface area contributed by atoms with Crippen molar-refractivity contribution in [3.8, 4) is 17.2 Å². The Labute approximate surface area is 242 Å². The molecule has 12 heteroatoms. The molecule has 0 radical (unpaired) electrons. The molecule has 1 N–H and O–H groups in total. The zero-order valence-corrected chi connectivity index (χ0v) is 24.5. The summed E-state index contributed by atoms with van der Waals surface area (Å²) >= 11 is 1.46. The molecule has 0 bridgehead atoms. The molecule has 1 amide bonds. The third-order valence-electron chi connectivity index (χ3n) is 6.33. The van der Waals surface area contributed by atoms with E-state index in [9.17, 15) is 13.2 Å². The van der Waals surface area contributed by atoms with Crippen LogP contribution in [0.4, 0.5) is 10.8 Å². The first kappa shape index (κ1) is 28.5. The number of rotatable bonds is 10. The number of fused-ring (bicyclic) bond motifs is 1. The second kappa shape index (κ2) is 12.2. The zero-order chi connectivity index (χ0) is 29.0. The number of sulfone groups is 1. The van der Waals surface area contributed by atoms with Gasteiger partial charge < -0.3 is 19.1 Å². The molecule has 0 fully saturated rings. The summed E-state index contributed by atoms with van der Waals surface area (Å²) in [6.07, 6.45) is 5.24. The number of nitrogens with one attached hydrogen (secondary N) is 1. The molecule has 1 unspecified atom stereocenters. The Morgan fingerprint density at radius 3 is 2.61 bits per heavy atom. The van der Waals surface area contributed by atoms with Crippen molar-refractivity contribution in [3.05, 3.63) is 83.1 Å². The molecule has 2 aromatic carbocycles. The predicted octanol–water partition coefficient (Wildman–Crippen LogP) is 4.96. The van der Waals surface area contributed by atoms with Gasteiger partial charge in [0, 0.05) is 49.0 Å². The lowest BCUT2D eigenvalue weighted by molar-refractivity contribution is 0.0916. The van der Waals surface area contributed by atoms with E-state index in [4.69, 9.17) is 14.2 Å². The number of carbonyl (C=O) groups excluding carboxylic acids is 1. The molecule has 1 aliphatic rings. The van der Waals surface area contributed by atoms with Crippen LogP contribution in [-0.2, 0) is 27.5 Å². The van der Waals surface area contributed by atoms with Gasteiger partial charge in [0.05, 0.1) is 35.6 Å². The van der Waals surface area contributed by atoms with Crippen LogP contribution in [0.3, 0.4) is 0 Å². The number of carbonyl (C=O) groups is 1. The van der Waals surface area contributed by atoms with Crippen molar-refractivity contribution in [3.63, 3.8) is 0 Å². The third kappa shape index (κ3) is 7.20. The van der Waals surface area contributed by atoms with Gasteiger partial charge in [0.2, 0.25) is 0 Å². The molecule has 1 aliphatic heterocycles. The molecule has 5 rings (SSSR count). The van der Waals surface area contributed by atoms with E-state index in [1.165, 1.54) is 23.5 Å². The number of hydrogen-bond donors (Lipinski definition) is 1. The Morgan fingerprint density at radius 2 is 1.90 bits per heavy atom. The van der Waals surface area contributed by atoms with Crippen molar-refractivity contribution < 1.29 is 27.4 Å². The average molecular weight is 595 g/mol. The SMILES string of the molecule is COCC(C)Oc1cc(Oc2ccc(S(C)(=O)=O)cc2)cc(C(=O)Nc2nc3c(s2)CN(c2cccnc2)CC3)c1. The van der Waals surface area contributed by atoms with Crippen molar-refractivity contribution in [1.82, 2.24) is 9.97 Å². The number of hydrogen-bond acceptors (Lipinski definition) is 10. The topological polar surface area (TPSA) is 120 Å². The molecule has 2 aromatic heterocycles. The van der Waals surface area contributed by atoms with Gasteiger partial charge in [-0.05, 0) is 55.5 Å². The van der Waals surface area contributed by atoms with E-state index in [2.05, 4.69) is 20.2 Å². The summed E-state index contributed by atoms with van der Waals surface area (Å²) in [4.78, 5) is 25.8. The Hall–Kier alpha value is -4.00. The molecule has 3 heterocycles. The van der Waals surface area contributed by atoms with Crippen molar-refractivity contribution in [2.45, 2.75) is 30.9 Å². The minimum absolute atomic E-state index is 0.185. The summed E-state index contributed by atoms with van der Waals surface area (Å²) in [7, 11) is -1.75. The van der Waals surface area contributed by atoms with Gasteiger partial charge in [-0.2, -0.15) is 0 Å². The molecule has 4 aromatic rings.